The molecule has 1 saturated heterocycles. The Hall–Kier alpha value is -1.06. The van der Waals surface area contributed by atoms with E-state index < -0.39 is 11.1 Å². The van der Waals surface area contributed by atoms with E-state index >= 15 is 0 Å². The number of hydrogen-bond acceptors (Lipinski definition) is 2. The van der Waals surface area contributed by atoms with Crippen molar-refractivity contribution in [3.05, 3.63) is 0 Å². The Bertz CT molecular complexity index is 438. The smallest absolute Gasteiger partial charge is 0.249 e. The Morgan fingerprint density at radius 2 is 1.81 bits per heavy atom. The van der Waals surface area contributed by atoms with E-state index in [-0.39, 0.29) is 11.8 Å². The number of carbonyl (C=O) groups is 2. The molecule has 0 aromatic heterocycles. The molecule has 4 heteroatoms. The zero-order valence-corrected chi connectivity index (χ0v) is 13.4. The van der Waals surface area contributed by atoms with E-state index in [1.165, 1.54) is 25.7 Å². The van der Waals surface area contributed by atoms with Gasteiger partial charge in [0, 0.05) is 6.54 Å². The van der Waals surface area contributed by atoms with Crippen molar-refractivity contribution in [1.29, 1.82) is 0 Å². The summed E-state index contributed by atoms with van der Waals surface area (Å²) >= 11 is 0. The second kappa shape index (κ2) is 5.29. The second-order valence-corrected chi connectivity index (χ2v) is 7.44. The number of hydrogen-bond donors (Lipinski definition) is 1. The molecule has 2 aliphatic carbocycles. The number of nitrogens with one attached hydrogen (secondary N) is 1. The number of rotatable bonds is 3. The van der Waals surface area contributed by atoms with Crippen LogP contribution in [0.25, 0.3) is 0 Å². The van der Waals surface area contributed by atoms with Gasteiger partial charge >= 0.3 is 0 Å². The molecule has 118 valence electrons. The SMILES string of the molecule is CCC1(C)C(=O)NC2(CCCCC2)C(=O)N1CC1CCC1. The molecular formula is C17H28N2O2. The van der Waals surface area contributed by atoms with Gasteiger partial charge in [-0.05, 0) is 44.9 Å². The van der Waals surface area contributed by atoms with Crippen LogP contribution in [0.15, 0.2) is 0 Å². The molecule has 1 spiro atoms. The summed E-state index contributed by atoms with van der Waals surface area (Å²) in [6, 6.07) is 0. The van der Waals surface area contributed by atoms with E-state index in [0.717, 1.165) is 32.2 Å². The maximum absolute atomic E-state index is 13.2. The predicted octanol–water partition coefficient (Wildman–Crippen LogP) is 2.62. The van der Waals surface area contributed by atoms with Gasteiger partial charge in [-0.3, -0.25) is 9.59 Å². The van der Waals surface area contributed by atoms with Crippen molar-refractivity contribution in [2.75, 3.05) is 6.54 Å². The molecule has 1 aliphatic heterocycles. The van der Waals surface area contributed by atoms with Crippen LogP contribution < -0.4 is 5.32 Å². The topological polar surface area (TPSA) is 49.4 Å². The number of piperazine rings is 1. The molecule has 21 heavy (non-hydrogen) atoms. The highest BCUT2D eigenvalue weighted by Crippen LogP contribution is 2.39. The summed E-state index contributed by atoms with van der Waals surface area (Å²) in [5, 5.41) is 3.13. The fraction of sp³-hybridized carbons (Fsp3) is 0.882. The normalized spacial score (nSPS) is 33.0. The highest BCUT2D eigenvalue weighted by atomic mass is 16.2. The molecule has 0 bridgehead atoms. The Morgan fingerprint density at radius 1 is 1.14 bits per heavy atom. The van der Waals surface area contributed by atoms with E-state index in [9.17, 15) is 9.59 Å². The Labute approximate surface area is 127 Å². The van der Waals surface area contributed by atoms with Gasteiger partial charge in [-0.15, -0.1) is 0 Å². The van der Waals surface area contributed by atoms with E-state index in [4.69, 9.17) is 0 Å². The highest BCUT2D eigenvalue weighted by molar-refractivity contribution is 6.02. The fourth-order valence-corrected chi connectivity index (χ4v) is 4.07. The molecular weight excluding hydrogens is 264 g/mol. The molecule has 3 aliphatic rings. The lowest BCUT2D eigenvalue weighted by molar-refractivity contribution is -0.165. The molecule has 1 N–H and O–H groups in total. The summed E-state index contributed by atoms with van der Waals surface area (Å²) in [6.45, 7) is 4.73. The molecule has 3 rings (SSSR count). The molecule has 3 fully saturated rings. The Morgan fingerprint density at radius 3 is 2.33 bits per heavy atom. The van der Waals surface area contributed by atoms with E-state index in [1.54, 1.807) is 0 Å². The van der Waals surface area contributed by atoms with Crippen LogP contribution in [-0.2, 0) is 9.59 Å². The summed E-state index contributed by atoms with van der Waals surface area (Å²) in [5.74, 6) is 0.857. The van der Waals surface area contributed by atoms with Crippen LogP contribution in [0.2, 0.25) is 0 Å². The third-order valence-electron chi connectivity index (χ3n) is 6.15. The first-order valence-corrected chi connectivity index (χ1v) is 8.66. The Kier molecular flexibility index (Phi) is 3.74. The van der Waals surface area contributed by atoms with Gasteiger partial charge in [-0.25, -0.2) is 0 Å². The number of nitrogens with zero attached hydrogens (tertiary/aromatic N) is 1. The van der Waals surface area contributed by atoms with Crippen molar-refractivity contribution in [3.8, 4) is 0 Å². The lowest BCUT2D eigenvalue weighted by atomic mass is 9.74. The van der Waals surface area contributed by atoms with Crippen molar-refractivity contribution in [3.63, 3.8) is 0 Å². The van der Waals surface area contributed by atoms with E-state index in [0.29, 0.717) is 12.3 Å². The zero-order chi connectivity index (χ0) is 15.1. The summed E-state index contributed by atoms with van der Waals surface area (Å²) in [4.78, 5) is 27.9. The van der Waals surface area contributed by atoms with Crippen LogP contribution in [-0.4, -0.2) is 34.3 Å². The van der Waals surface area contributed by atoms with Crippen LogP contribution in [0.1, 0.15) is 71.6 Å². The summed E-state index contributed by atoms with van der Waals surface area (Å²) in [5.41, 5.74) is -1.25. The summed E-state index contributed by atoms with van der Waals surface area (Å²) in [6.07, 6.45) is 9.28. The van der Waals surface area contributed by atoms with Crippen molar-refractivity contribution in [2.24, 2.45) is 5.92 Å². The average Bonchev–Trinajstić information content (AvgIpc) is 2.44. The lowest BCUT2D eigenvalue weighted by Gasteiger charge is -2.53. The summed E-state index contributed by atoms with van der Waals surface area (Å²) < 4.78 is 0. The quantitative estimate of drug-likeness (QED) is 0.869. The minimum atomic E-state index is -0.657. The molecule has 1 unspecified atom stereocenters. The molecule has 1 atom stereocenters. The number of amides is 2. The monoisotopic (exact) mass is 292 g/mol. The molecule has 0 aromatic rings. The van der Waals surface area contributed by atoms with Gasteiger partial charge in [0.1, 0.15) is 11.1 Å². The highest BCUT2D eigenvalue weighted by Gasteiger charge is 2.56. The van der Waals surface area contributed by atoms with Gasteiger partial charge in [0.25, 0.3) is 0 Å². The average molecular weight is 292 g/mol. The third-order valence-corrected chi connectivity index (χ3v) is 6.15. The van der Waals surface area contributed by atoms with Gasteiger partial charge < -0.3 is 10.2 Å². The first kappa shape index (κ1) is 14.9. The molecule has 2 amide bonds. The van der Waals surface area contributed by atoms with Crippen LogP contribution >= 0.6 is 0 Å². The van der Waals surface area contributed by atoms with Crippen molar-refractivity contribution < 1.29 is 9.59 Å². The van der Waals surface area contributed by atoms with Crippen molar-refractivity contribution in [2.45, 2.75) is 82.7 Å². The third kappa shape index (κ3) is 2.27. The van der Waals surface area contributed by atoms with Gasteiger partial charge in [-0.1, -0.05) is 32.6 Å². The van der Waals surface area contributed by atoms with Crippen LogP contribution in [0.3, 0.4) is 0 Å². The standard InChI is InChI=1S/C17H28N2O2/c1-3-16(2)14(20)18-17(10-5-4-6-11-17)15(21)19(16)12-13-8-7-9-13/h13H,3-12H2,1-2H3,(H,18,20). The van der Waals surface area contributed by atoms with Gasteiger partial charge in [0.15, 0.2) is 0 Å². The number of carbonyl (C=O) groups excluding carboxylic acids is 2. The lowest BCUT2D eigenvalue weighted by Crippen LogP contribution is -2.75. The van der Waals surface area contributed by atoms with E-state index in [1.807, 2.05) is 18.7 Å². The zero-order valence-electron chi connectivity index (χ0n) is 13.4. The summed E-state index contributed by atoms with van der Waals surface area (Å²) in [7, 11) is 0. The first-order valence-electron chi connectivity index (χ1n) is 8.66. The van der Waals surface area contributed by atoms with Gasteiger partial charge in [0.2, 0.25) is 11.8 Å². The maximum atomic E-state index is 13.2. The first-order chi connectivity index (χ1) is 10.0. The largest absolute Gasteiger partial charge is 0.340 e. The van der Waals surface area contributed by atoms with Gasteiger partial charge in [-0.2, -0.15) is 0 Å². The van der Waals surface area contributed by atoms with Crippen LogP contribution in [0.4, 0.5) is 0 Å². The minimum Gasteiger partial charge on any atom is -0.340 e. The van der Waals surface area contributed by atoms with Crippen LogP contribution in [0, 0.1) is 5.92 Å². The van der Waals surface area contributed by atoms with Gasteiger partial charge in [0.05, 0.1) is 0 Å². The molecule has 4 nitrogen and oxygen atoms in total. The maximum Gasteiger partial charge on any atom is 0.249 e. The fourth-order valence-electron chi connectivity index (χ4n) is 4.07. The molecule has 1 heterocycles. The molecule has 0 radical (unpaired) electrons. The van der Waals surface area contributed by atoms with Crippen molar-refractivity contribution in [1.82, 2.24) is 10.2 Å². The second-order valence-electron chi connectivity index (χ2n) is 7.44. The Balaban J connectivity index is 1.89. The minimum absolute atomic E-state index is 0.0609. The molecule has 2 saturated carbocycles. The van der Waals surface area contributed by atoms with E-state index in [2.05, 4.69) is 5.32 Å². The van der Waals surface area contributed by atoms with Crippen molar-refractivity contribution >= 4 is 11.8 Å². The van der Waals surface area contributed by atoms with Crippen LogP contribution in [0.5, 0.6) is 0 Å². The predicted molar refractivity (Wildman–Crippen MR) is 81.7 cm³/mol. The molecule has 0 aromatic carbocycles.